The molecule has 0 spiro atoms. The number of aliphatic hydroxyl groups is 1. The molecule has 1 aliphatic heterocycles. The highest BCUT2D eigenvalue weighted by molar-refractivity contribution is 6.52. The van der Waals surface area contributed by atoms with Gasteiger partial charge >= 0.3 is 0 Å². The van der Waals surface area contributed by atoms with Crippen molar-refractivity contribution in [3.05, 3.63) is 93.0 Å². The molecule has 8 heteroatoms. The highest BCUT2D eigenvalue weighted by atomic mass is 35.5. The fraction of sp³-hybridized carbons (Fsp3) is 0.120. The average Bonchev–Trinajstić information content (AvgIpc) is 3.04. The molecule has 1 heterocycles. The Morgan fingerprint density at radius 1 is 1.03 bits per heavy atom. The number of methoxy groups -OCH3 is 1. The van der Waals surface area contributed by atoms with Crippen LogP contribution in [-0.4, -0.2) is 29.0 Å². The first-order chi connectivity index (χ1) is 15.7. The highest BCUT2D eigenvalue weighted by Crippen LogP contribution is 2.46. The number of ketones is 1. The van der Waals surface area contributed by atoms with Crippen molar-refractivity contribution in [3.63, 3.8) is 0 Å². The molecule has 1 unspecified atom stereocenters. The molecule has 1 saturated heterocycles. The molecule has 0 radical (unpaired) electrons. The molecule has 1 aliphatic rings. The maximum Gasteiger partial charge on any atom is 0.300 e. The summed E-state index contributed by atoms with van der Waals surface area (Å²) in [5, 5.41) is 22.1. The first kappa shape index (κ1) is 22.7. The Balaban J connectivity index is 2.04. The fourth-order valence-electron chi connectivity index (χ4n) is 3.99. The summed E-state index contributed by atoms with van der Waals surface area (Å²) in [6.07, 6.45) is 0. The number of rotatable bonds is 4. The summed E-state index contributed by atoms with van der Waals surface area (Å²) in [4.78, 5) is 27.6. The molecule has 3 aromatic carbocycles. The third-order valence-corrected chi connectivity index (χ3v) is 5.91. The van der Waals surface area contributed by atoms with E-state index in [1.807, 2.05) is 13.0 Å². The van der Waals surface area contributed by atoms with Crippen LogP contribution in [0.5, 0.6) is 11.5 Å². The Morgan fingerprint density at radius 2 is 1.76 bits per heavy atom. The highest BCUT2D eigenvalue weighted by Gasteiger charge is 2.48. The van der Waals surface area contributed by atoms with Gasteiger partial charge in [-0.2, -0.15) is 0 Å². The zero-order valence-electron chi connectivity index (χ0n) is 17.7. The van der Waals surface area contributed by atoms with Crippen molar-refractivity contribution in [1.29, 1.82) is 0 Å². The number of phenols is 1. The molecule has 1 amide bonds. The number of nitrogens with zero attached hydrogens (tertiary/aromatic N) is 1. The van der Waals surface area contributed by atoms with Crippen molar-refractivity contribution >= 4 is 46.3 Å². The van der Waals surface area contributed by atoms with Gasteiger partial charge in [0.25, 0.3) is 11.7 Å². The number of para-hydroxylation sites is 2. The molecule has 168 valence electrons. The number of aromatic hydroxyl groups is 1. The normalized spacial score (nSPS) is 17.5. The number of halogens is 2. The number of hydrogen-bond acceptors (Lipinski definition) is 5. The Morgan fingerprint density at radius 3 is 2.42 bits per heavy atom. The largest absolute Gasteiger partial charge is 0.507 e. The molecule has 0 aliphatic carbocycles. The number of amides is 1. The van der Waals surface area contributed by atoms with Crippen molar-refractivity contribution in [2.75, 3.05) is 12.0 Å². The minimum atomic E-state index is -1.01. The first-order valence-corrected chi connectivity index (χ1v) is 10.7. The van der Waals surface area contributed by atoms with E-state index in [1.165, 1.54) is 36.3 Å². The number of benzene rings is 3. The third-order valence-electron chi connectivity index (χ3n) is 5.41. The lowest BCUT2D eigenvalue weighted by atomic mass is 9.94. The lowest BCUT2D eigenvalue weighted by Gasteiger charge is -2.26. The van der Waals surface area contributed by atoms with E-state index in [0.717, 1.165) is 5.56 Å². The van der Waals surface area contributed by atoms with Crippen LogP contribution in [0, 0.1) is 6.92 Å². The van der Waals surface area contributed by atoms with Crippen LogP contribution in [0.2, 0.25) is 10.0 Å². The van der Waals surface area contributed by atoms with Crippen LogP contribution in [0.15, 0.2) is 66.2 Å². The van der Waals surface area contributed by atoms with E-state index in [1.54, 1.807) is 30.3 Å². The van der Waals surface area contributed by atoms with Gasteiger partial charge in [-0.3, -0.25) is 14.5 Å². The first-order valence-electron chi connectivity index (χ1n) is 9.93. The SMILES string of the molecule is COc1c(Cl)cc(Cl)cc1/C(O)=C1\C(=O)C(=O)N(c2ccccc2O)C1c1cccc(C)c1. The molecule has 2 N–H and O–H groups in total. The molecule has 3 aromatic rings. The minimum Gasteiger partial charge on any atom is -0.507 e. The summed E-state index contributed by atoms with van der Waals surface area (Å²) in [6.45, 7) is 1.87. The number of Topliss-reactive ketones (excluding diaryl/α,β-unsaturated/α-hetero) is 1. The second-order valence-electron chi connectivity index (χ2n) is 7.54. The van der Waals surface area contributed by atoms with E-state index >= 15 is 0 Å². The number of aliphatic hydroxyl groups excluding tert-OH is 1. The number of carbonyl (C=O) groups excluding carboxylic acids is 2. The van der Waals surface area contributed by atoms with E-state index in [4.69, 9.17) is 27.9 Å². The number of anilines is 1. The fourth-order valence-corrected chi connectivity index (χ4v) is 4.56. The molecule has 0 aromatic heterocycles. The molecule has 0 bridgehead atoms. The summed E-state index contributed by atoms with van der Waals surface area (Å²) in [5.41, 5.74) is 1.50. The molecule has 1 atom stereocenters. The van der Waals surface area contributed by atoms with E-state index < -0.39 is 23.5 Å². The molecule has 6 nitrogen and oxygen atoms in total. The van der Waals surface area contributed by atoms with Gasteiger partial charge in [0, 0.05) is 5.02 Å². The van der Waals surface area contributed by atoms with Gasteiger partial charge in [-0.1, -0.05) is 65.2 Å². The second kappa shape index (κ2) is 8.81. The predicted octanol–water partition coefficient (Wildman–Crippen LogP) is 5.64. The number of phenolic OH excluding ortho intramolecular Hbond substituents is 1. The van der Waals surface area contributed by atoms with E-state index in [9.17, 15) is 19.8 Å². The summed E-state index contributed by atoms with van der Waals surface area (Å²) in [7, 11) is 1.37. The van der Waals surface area contributed by atoms with Gasteiger partial charge in [0.2, 0.25) is 0 Å². The van der Waals surface area contributed by atoms with Gasteiger partial charge in [-0.25, -0.2) is 0 Å². The summed E-state index contributed by atoms with van der Waals surface area (Å²) >= 11 is 12.4. The maximum absolute atomic E-state index is 13.3. The monoisotopic (exact) mass is 483 g/mol. The summed E-state index contributed by atoms with van der Waals surface area (Å²) < 4.78 is 5.33. The summed E-state index contributed by atoms with van der Waals surface area (Å²) in [5.74, 6) is -2.37. The van der Waals surface area contributed by atoms with Gasteiger partial charge in [-0.05, 0) is 36.8 Å². The number of hydrogen-bond donors (Lipinski definition) is 2. The number of ether oxygens (including phenoxy) is 1. The summed E-state index contributed by atoms with van der Waals surface area (Å²) in [6, 6.07) is 15.2. The van der Waals surface area contributed by atoms with Crippen LogP contribution < -0.4 is 9.64 Å². The number of carbonyl (C=O) groups is 2. The van der Waals surface area contributed by atoms with Crippen LogP contribution in [0.4, 0.5) is 5.69 Å². The van der Waals surface area contributed by atoms with Crippen molar-refractivity contribution in [2.24, 2.45) is 0 Å². The van der Waals surface area contributed by atoms with Crippen molar-refractivity contribution in [1.82, 2.24) is 0 Å². The van der Waals surface area contributed by atoms with Crippen LogP contribution in [-0.2, 0) is 9.59 Å². The molecule has 33 heavy (non-hydrogen) atoms. The third kappa shape index (κ3) is 3.92. The van der Waals surface area contributed by atoms with Crippen molar-refractivity contribution in [2.45, 2.75) is 13.0 Å². The predicted molar refractivity (Wildman–Crippen MR) is 127 cm³/mol. The van der Waals surface area contributed by atoms with E-state index in [-0.39, 0.29) is 38.4 Å². The van der Waals surface area contributed by atoms with Crippen LogP contribution >= 0.6 is 23.2 Å². The van der Waals surface area contributed by atoms with Gasteiger partial charge in [0.15, 0.2) is 0 Å². The zero-order chi connectivity index (χ0) is 23.9. The van der Waals surface area contributed by atoms with E-state index in [2.05, 4.69) is 0 Å². The van der Waals surface area contributed by atoms with Crippen molar-refractivity contribution < 1.29 is 24.5 Å². The molecule has 4 rings (SSSR count). The van der Waals surface area contributed by atoms with Gasteiger partial charge in [0.1, 0.15) is 17.3 Å². The lowest BCUT2D eigenvalue weighted by molar-refractivity contribution is -0.132. The van der Waals surface area contributed by atoms with Gasteiger partial charge < -0.3 is 14.9 Å². The Kier molecular flexibility index (Phi) is 6.06. The van der Waals surface area contributed by atoms with E-state index in [0.29, 0.717) is 5.56 Å². The minimum absolute atomic E-state index is 0.0722. The average molecular weight is 484 g/mol. The molecule has 1 fully saturated rings. The molecule has 0 saturated carbocycles. The smallest absolute Gasteiger partial charge is 0.300 e. The van der Waals surface area contributed by atoms with Crippen LogP contribution in [0.1, 0.15) is 22.7 Å². The topological polar surface area (TPSA) is 87.1 Å². The van der Waals surface area contributed by atoms with Gasteiger partial charge in [0.05, 0.1) is 35.0 Å². The molecular weight excluding hydrogens is 465 g/mol. The standard InChI is InChI=1S/C25H19Cl2NO5/c1-13-6-5-7-14(10-13)21-20(22(30)16-11-15(26)12-17(27)24(16)33-2)23(31)25(32)28(21)18-8-3-4-9-19(18)29/h3-12,21,29-30H,1-2H3/b22-20+. The Labute approximate surface area is 200 Å². The number of aryl methyl sites for hydroxylation is 1. The Bertz CT molecular complexity index is 1320. The van der Waals surface area contributed by atoms with Crippen molar-refractivity contribution in [3.8, 4) is 11.5 Å². The van der Waals surface area contributed by atoms with Crippen LogP contribution in [0.25, 0.3) is 5.76 Å². The van der Waals surface area contributed by atoms with Crippen LogP contribution in [0.3, 0.4) is 0 Å². The van der Waals surface area contributed by atoms with Gasteiger partial charge in [-0.15, -0.1) is 0 Å². The quantitative estimate of drug-likeness (QED) is 0.284. The molecular formula is C25H19Cl2NO5. The Hall–Kier alpha value is -3.48. The zero-order valence-corrected chi connectivity index (χ0v) is 19.2. The second-order valence-corrected chi connectivity index (χ2v) is 8.38. The maximum atomic E-state index is 13.3. The lowest BCUT2D eigenvalue weighted by Crippen LogP contribution is -2.29.